The third kappa shape index (κ3) is 4.09. The fourth-order valence-corrected chi connectivity index (χ4v) is 3.69. The van der Waals surface area contributed by atoms with Crippen LogP contribution in [0.1, 0.15) is 60.7 Å². The van der Waals surface area contributed by atoms with Crippen LogP contribution in [0.4, 0.5) is 0 Å². The molecular formula is C17H23NO2S. The van der Waals surface area contributed by atoms with Gasteiger partial charge in [0.05, 0.1) is 6.61 Å². The Kier molecular flexibility index (Phi) is 5.84. The largest absolute Gasteiger partial charge is 0.395 e. The van der Waals surface area contributed by atoms with E-state index in [-0.39, 0.29) is 12.5 Å². The van der Waals surface area contributed by atoms with Crippen molar-refractivity contribution in [1.29, 1.82) is 0 Å². The Hall–Kier alpha value is -1.31. The second-order valence-corrected chi connectivity index (χ2v) is 6.60. The van der Waals surface area contributed by atoms with Crippen molar-refractivity contribution in [2.75, 3.05) is 13.2 Å². The first-order valence-electron chi connectivity index (χ1n) is 7.66. The molecule has 0 aliphatic heterocycles. The number of hydrogen-bond acceptors (Lipinski definition) is 3. The fourth-order valence-electron chi connectivity index (χ4n) is 2.93. The van der Waals surface area contributed by atoms with Crippen LogP contribution in [0, 0.1) is 17.3 Å². The van der Waals surface area contributed by atoms with Crippen molar-refractivity contribution in [2.24, 2.45) is 5.41 Å². The summed E-state index contributed by atoms with van der Waals surface area (Å²) < 4.78 is 0. The van der Waals surface area contributed by atoms with E-state index in [0.29, 0.717) is 16.7 Å². The Bertz CT molecular complexity index is 532. The quantitative estimate of drug-likeness (QED) is 0.821. The van der Waals surface area contributed by atoms with Crippen molar-refractivity contribution in [3.8, 4) is 11.8 Å². The van der Waals surface area contributed by atoms with Gasteiger partial charge in [0.15, 0.2) is 0 Å². The summed E-state index contributed by atoms with van der Waals surface area (Å²) in [5.41, 5.74) is 1.07. The molecule has 1 heterocycles. The minimum absolute atomic E-state index is 0.0157. The molecule has 1 amide bonds. The molecule has 1 aromatic rings. The lowest BCUT2D eigenvalue weighted by Gasteiger charge is -2.27. The Balaban J connectivity index is 1.98. The number of nitrogens with one attached hydrogen (secondary N) is 1. The smallest absolute Gasteiger partial charge is 0.262 e. The predicted octanol–water partition coefficient (Wildman–Crippen LogP) is 3.18. The highest BCUT2D eigenvalue weighted by Crippen LogP contribution is 2.40. The number of carbonyl (C=O) groups is 1. The lowest BCUT2D eigenvalue weighted by atomic mass is 9.83. The maximum absolute atomic E-state index is 12.4. The van der Waals surface area contributed by atoms with Crippen LogP contribution in [0.5, 0.6) is 0 Å². The molecule has 1 saturated carbocycles. The molecule has 0 unspecified atom stereocenters. The summed E-state index contributed by atoms with van der Waals surface area (Å²) in [7, 11) is 0. The van der Waals surface area contributed by atoms with Gasteiger partial charge in [-0.2, -0.15) is 0 Å². The van der Waals surface area contributed by atoms with Gasteiger partial charge in [-0.3, -0.25) is 4.79 Å². The monoisotopic (exact) mass is 305 g/mol. The van der Waals surface area contributed by atoms with Gasteiger partial charge in [0.2, 0.25) is 0 Å². The van der Waals surface area contributed by atoms with E-state index in [2.05, 4.69) is 24.1 Å². The molecule has 1 fully saturated rings. The maximum atomic E-state index is 12.4. The van der Waals surface area contributed by atoms with Crippen molar-refractivity contribution in [1.82, 2.24) is 5.32 Å². The number of thiophene rings is 1. The molecule has 1 aromatic heterocycles. The van der Waals surface area contributed by atoms with E-state index in [1.54, 1.807) is 0 Å². The van der Waals surface area contributed by atoms with Crippen LogP contribution < -0.4 is 5.32 Å². The number of amides is 1. The van der Waals surface area contributed by atoms with Gasteiger partial charge in [-0.25, -0.2) is 0 Å². The highest BCUT2D eigenvalue weighted by atomic mass is 32.1. The third-order valence-corrected chi connectivity index (χ3v) is 5.28. The predicted molar refractivity (Wildman–Crippen MR) is 86.4 cm³/mol. The van der Waals surface area contributed by atoms with Gasteiger partial charge in [-0.1, -0.05) is 31.6 Å². The molecule has 1 aliphatic rings. The van der Waals surface area contributed by atoms with Gasteiger partial charge in [-0.05, 0) is 36.1 Å². The Morgan fingerprint density at radius 1 is 1.48 bits per heavy atom. The van der Waals surface area contributed by atoms with Crippen LogP contribution in [0.15, 0.2) is 11.4 Å². The lowest BCUT2D eigenvalue weighted by Crippen LogP contribution is -2.35. The molecule has 0 aromatic carbocycles. The molecule has 21 heavy (non-hydrogen) atoms. The maximum Gasteiger partial charge on any atom is 0.262 e. The van der Waals surface area contributed by atoms with Crippen LogP contribution in [-0.4, -0.2) is 24.2 Å². The van der Waals surface area contributed by atoms with Crippen molar-refractivity contribution in [3.05, 3.63) is 21.9 Å². The van der Waals surface area contributed by atoms with Crippen molar-refractivity contribution in [2.45, 2.75) is 45.4 Å². The highest BCUT2D eigenvalue weighted by Gasteiger charge is 2.32. The molecular weight excluding hydrogens is 282 g/mol. The fraction of sp³-hybridized carbons (Fsp3) is 0.588. The van der Waals surface area contributed by atoms with E-state index < -0.39 is 0 Å². The van der Waals surface area contributed by atoms with Gasteiger partial charge in [-0.15, -0.1) is 11.3 Å². The zero-order chi connectivity index (χ0) is 15.1. The van der Waals surface area contributed by atoms with Gasteiger partial charge < -0.3 is 10.4 Å². The van der Waals surface area contributed by atoms with Gasteiger partial charge >= 0.3 is 0 Å². The molecule has 1 aliphatic carbocycles. The molecule has 2 N–H and O–H groups in total. The second kappa shape index (κ2) is 7.63. The van der Waals surface area contributed by atoms with E-state index in [1.807, 2.05) is 11.4 Å². The molecule has 0 atom stereocenters. The molecule has 0 bridgehead atoms. The van der Waals surface area contributed by atoms with Crippen molar-refractivity contribution in [3.63, 3.8) is 0 Å². The zero-order valence-corrected chi connectivity index (χ0v) is 13.4. The molecule has 2 rings (SSSR count). The van der Waals surface area contributed by atoms with Gasteiger partial charge in [0.25, 0.3) is 5.91 Å². The SMILES string of the molecule is CCC1(CNC(=O)c2sccc2C#CCCO)CCCC1. The average molecular weight is 305 g/mol. The summed E-state index contributed by atoms with van der Waals surface area (Å²) in [6.45, 7) is 3.04. The van der Waals surface area contributed by atoms with E-state index >= 15 is 0 Å². The number of aliphatic hydroxyl groups is 1. The lowest BCUT2D eigenvalue weighted by molar-refractivity contribution is 0.0932. The number of rotatable bonds is 5. The highest BCUT2D eigenvalue weighted by molar-refractivity contribution is 7.12. The first kappa shape index (κ1) is 16.1. The minimum Gasteiger partial charge on any atom is -0.395 e. The van der Waals surface area contributed by atoms with E-state index in [4.69, 9.17) is 5.11 Å². The normalized spacial score (nSPS) is 16.3. The molecule has 114 valence electrons. The van der Waals surface area contributed by atoms with Crippen LogP contribution >= 0.6 is 11.3 Å². The minimum atomic E-state index is -0.0157. The standard InChI is InChI=1S/C17H23NO2S/c1-2-17(9-4-5-10-17)13-18-16(20)15-14(8-12-21-15)7-3-6-11-19/h8,12,19H,2,4-6,9-11,13H2,1H3,(H,18,20). The van der Waals surface area contributed by atoms with E-state index in [9.17, 15) is 4.79 Å². The molecule has 3 nitrogen and oxygen atoms in total. The third-order valence-electron chi connectivity index (χ3n) is 4.37. The number of hydrogen-bond donors (Lipinski definition) is 2. The zero-order valence-electron chi connectivity index (χ0n) is 12.6. The first-order valence-corrected chi connectivity index (χ1v) is 8.54. The average Bonchev–Trinajstić information content (AvgIpc) is 3.15. The summed E-state index contributed by atoms with van der Waals surface area (Å²) >= 11 is 1.43. The molecule has 0 spiro atoms. The van der Waals surface area contributed by atoms with Crippen LogP contribution in [0.25, 0.3) is 0 Å². The Labute approximate surface area is 130 Å². The van der Waals surface area contributed by atoms with Crippen LogP contribution in [-0.2, 0) is 0 Å². The van der Waals surface area contributed by atoms with Crippen molar-refractivity contribution < 1.29 is 9.90 Å². The summed E-state index contributed by atoms with van der Waals surface area (Å²) in [4.78, 5) is 13.0. The Morgan fingerprint density at radius 3 is 2.90 bits per heavy atom. The topological polar surface area (TPSA) is 49.3 Å². The van der Waals surface area contributed by atoms with Crippen LogP contribution in [0.2, 0.25) is 0 Å². The number of carbonyl (C=O) groups excluding carboxylic acids is 1. The van der Waals surface area contributed by atoms with Crippen LogP contribution in [0.3, 0.4) is 0 Å². The van der Waals surface area contributed by atoms with Crippen molar-refractivity contribution >= 4 is 17.2 Å². The first-order chi connectivity index (χ1) is 10.2. The van der Waals surface area contributed by atoms with Gasteiger partial charge in [0.1, 0.15) is 4.88 Å². The molecule has 0 saturated heterocycles. The number of aliphatic hydroxyl groups excluding tert-OH is 1. The summed E-state index contributed by atoms with van der Waals surface area (Å²) in [5, 5.41) is 13.8. The second-order valence-electron chi connectivity index (χ2n) is 5.68. The van der Waals surface area contributed by atoms with E-state index in [0.717, 1.165) is 18.5 Å². The van der Waals surface area contributed by atoms with E-state index in [1.165, 1.54) is 37.0 Å². The molecule has 4 heteroatoms. The Morgan fingerprint density at radius 2 is 2.24 bits per heavy atom. The van der Waals surface area contributed by atoms with Gasteiger partial charge in [0, 0.05) is 18.5 Å². The summed E-state index contributed by atoms with van der Waals surface area (Å²) in [6, 6.07) is 1.87. The molecule has 0 radical (unpaired) electrons. The summed E-state index contributed by atoms with van der Waals surface area (Å²) in [5.74, 6) is 5.83. The summed E-state index contributed by atoms with van der Waals surface area (Å²) in [6.07, 6.45) is 6.56.